The molecule has 0 radical (unpaired) electrons. The van der Waals surface area contributed by atoms with E-state index in [0.29, 0.717) is 25.1 Å². The number of sulfonamides is 1. The number of piperidine rings is 1. The molecule has 1 atom stereocenters. The molecule has 1 saturated heterocycles. The third-order valence-electron chi connectivity index (χ3n) is 5.48. The largest absolute Gasteiger partial charge is 0.350 e. The number of carbonyl (C=O) groups is 1. The van der Waals surface area contributed by atoms with E-state index in [1.807, 2.05) is 0 Å². The molecular formula is C22H27N3O5S. The van der Waals surface area contributed by atoms with Gasteiger partial charge in [-0.3, -0.25) is 14.9 Å². The summed E-state index contributed by atoms with van der Waals surface area (Å²) in [5.74, 6) is -0.177. The Hall–Kier alpha value is -2.78. The van der Waals surface area contributed by atoms with Crippen molar-refractivity contribution in [1.29, 1.82) is 0 Å². The molecule has 166 valence electrons. The Balaban J connectivity index is 1.54. The molecule has 9 heteroatoms. The highest BCUT2D eigenvalue weighted by Crippen LogP contribution is 2.22. The van der Waals surface area contributed by atoms with Crippen LogP contribution in [-0.2, 0) is 21.2 Å². The van der Waals surface area contributed by atoms with Crippen molar-refractivity contribution in [3.8, 4) is 0 Å². The van der Waals surface area contributed by atoms with E-state index in [2.05, 4.69) is 5.32 Å². The van der Waals surface area contributed by atoms with E-state index in [4.69, 9.17) is 0 Å². The number of carbonyl (C=O) groups excluding carboxylic acids is 1. The molecule has 0 aliphatic carbocycles. The Morgan fingerprint density at radius 3 is 2.45 bits per heavy atom. The summed E-state index contributed by atoms with van der Waals surface area (Å²) in [5, 5.41) is 13.8. The normalized spacial score (nSPS) is 15.9. The second-order valence-corrected chi connectivity index (χ2v) is 9.69. The standard InChI is InChI=1S/C22H27N3O5S/c1-17(19-6-5-7-20(16-19)25(27)28)23-22(26)13-10-18-8-11-21(12-9-18)31(29,30)24-14-3-2-4-15-24/h5-9,11-12,16-17H,2-4,10,13-15H2,1H3,(H,23,26). The first-order chi connectivity index (χ1) is 14.8. The zero-order chi connectivity index (χ0) is 22.4. The minimum atomic E-state index is -3.46. The van der Waals surface area contributed by atoms with Gasteiger partial charge in [0.1, 0.15) is 0 Å². The van der Waals surface area contributed by atoms with Gasteiger partial charge in [-0.1, -0.05) is 30.7 Å². The van der Waals surface area contributed by atoms with Crippen LogP contribution in [0.5, 0.6) is 0 Å². The van der Waals surface area contributed by atoms with E-state index in [1.165, 1.54) is 16.4 Å². The molecule has 0 saturated carbocycles. The number of aryl methyl sites for hydroxylation is 1. The smallest absolute Gasteiger partial charge is 0.269 e. The first-order valence-corrected chi connectivity index (χ1v) is 11.8. The van der Waals surface area contributed by atoms with Crippen LogP contribution in [0, 0.1) is 10.1 Å². The van der Waals surface area contributed by atoms with Gasteiger partial charge in [-0.15, -0.1) is 0 Å². The summed E-state index contributed by atoms with van der Waals surface area (Å²) in [4.78, 5) is 23.0. The monoisotopic (exact) mass is 445 g/mol. The molecule has 1 amide bonds. The van der Waals surface area contributed by atoms with Crippen LogP contribution in [0.3, 0.4) is 0 Å². The number of nitrogens with one attached hydrogen (secondary N) is 1. The third kappa shape index (κ3) is 5.89. The molecule has 1 N–H and O–H groups in total. The average Bonchev–Trinajstić information content (AvgIpc) is 2.78. The minimum absolute atomic E-state index is 0.0156. The van der Waals surface area contributed by atoms with Crippen molar-refractivity contribution in [2.45, 2.75) is 50.0 Å². The zero-order valence-corrected chi connectivity index (χ0v) is 18.3. The van der Waals surface area contributed by atoms with Crippen molar-refractivity contribution < 1.29 is 18.1 Å². The lowest BCUT2D eigenvalue weighted by atomic mass is 10.1. The molecule has 0 aromatic heterocycles. The van der Waals surface area contributed by atoms with Crippen LogP contribution >= 0.6 is 0 Å². The van der Waals surface area contributed by atoms with Gasteiger partial charge in [0.2, 0.25) is 15.9 Å². The summed E-state index contributed by atoms with van der Waals surface area (Å²) in [5.41, 5.74) is 1.52. The summed E-state index contributed by atoms with van der Waals surface area (Å²) >= 11 is 0. The van der Waals surface area contributed by atoms with E-state index in [9.17, 15) is 23.3 Å². The molecule has 1 fully saturated rings. The number of hydrogen-bond donors (Lipinski definition) is 1. The summed E-state index contributed by atoms with van der Waals surface area (Å²) in [6, 6.07) is 12.5. The SMILES string of the molecule is CC(NC(=O)CCc1ccc(S(=O)(=O)N2CCCCC2)cc1)c1cccc([N+](=O)[O-])c1. The second kappa shape index (κ2) is 10.0. The van der Waals surface area contributed by atoms with Gasteiger partial charge in [0.05, 0.1) is 15.9 Å². The van der Waals surface area contributed by atoms with Crippen molar-refractivity contribution in [2.24, 2.45) is 0 Å². The number of nitro groups is 1. The van der Waals surface area contributed by atoms with E-state index < -0.39 is 14.9 Å². The van der Waals surface area contributed by atoms with E-state index >= 15 is 0 Å². The third-order valence-corrected chi connectivity index (χ3v) is 7.39. The fraction of sp³-hybridized carbons (Fsp3) is 0.409. The summed E-state index contributed by atoms with van der Waals surface area (Å²) in [6.45, 7) is 2.90. The fourth-order valence-corrected chi connectivity index (χ4v) is 5.16. The molecule has 3 rings (SSSR count). The van der Waals surface area contributed by atoms with Crippen molar-refractivity contribution in [1.82, 2.24) is 9.62 Å². The Morgan fingerprint density at radius 1 is 1.13 bits per heavy atom. The molecule has 1 unspecified atom stereocenters. The lowest BCUT2D eigenvalue weighted by Crippen LogP contribution is -2.35. The molecular weight excluding hydrogens is 418 g/mol. The Kier molecular flexibility index (Phi) is 7.40. The zero-order valence-electron chi connectivity index (χ0n) is 17.5. The van der Waals surface area contributed by atoms with Crippen LogP contribution < -0.4 is 5.32 Å². The Bertz CT molecular complexity index is 1030. The van der Waals surface area contributed by atoms with E-state index in [1.54, 1.807) is 43.3 Å². The van der Waals surface area contributed by atoms with E-state index in [0.717, 1.165) is 24.8 Å². The Labute approximate surface area is 182 Å². The number of rotatable bonds is 8. The molecule has 2 aromatic rings. The maximum absolute atomic E-state index is 12.7. The minimum Gasteiger partial charge on any atom is -0.350 e. The Morgan fingerprint density at radius 2 is 1.81 bits per heavy atom. The number of non-ortho nitro benzene ring substituents is 1. The second-order valence-electron chi connectivity index (χ2n) is 7.75. The van der Waals surface area contributed by atoms with Crippen molar-refractivity contribution >= 4 is 21.6 Å². The lowest BCUT2D eigenvalue weighted by Gasteiger charge is -2.25. The van der Waals surface area contributed by atoms with Crippen LogP contribution in [0.4, 0.5) is 5.69 Å². The molecule has 1 heterocycles. The molecule has 2 aromatic carbocycles. The van der Waals surface area contributed by atoms with Crippen LogP contribution in [-0.4, -0.2) is 36.6 Å². The number of benzene rings is 2. The highest BCUT2D eigenvalue weighted by molar-refractivity contribution is 7.89. The van der Waals surface area contributed by atoms with E-state index in [-0.39, 0.29) is 29.0 Å². The number of hydrogen-bond acceptors (Lipinski definition) is 5. The topological polar surface area (TPSA) is 110 Å². The van der Waals surface area contributed by atoms with Crippen molar-refractivity contribution in [3.63, 3.8) is 0 Å². The van der Waals surface area contributed by atoms with Gasteiger partial charge in [-0.05, 0) is 49.4 Å². The summed E-state index contributed by atoms with van der Waals surface area (Å²) in [7, 11) is -3.46. The highest BCUT2D eigenvalue weighted by atomic mass is 32.2. The maximum atomic E-state index is 12.7. The van der Waals surface area contributed by atoms with Crippen LogP contribution in [0.25, 0.3) is 0 Å². The number of nitrogens with zero attached hydrogens (tertiary/aromatic N) is 2. The first kappa shape index (κ1) is 22.9. The van der Waals surface area contributed by atoms with Gasteiger partial charge in [-0.2, -0.15) is 4.31 Å². The van der Waals surface area contributed by atoms with Gasteiger partial charge in [0, 0.05) is 31.6 Å². The lowest BCUT2D eigenvalue weighted by molar-refractivity contribution is -0.384. The highest BCUT2D eigenvalue weighted by Gasteiger charge is 2.25. The van der Waals surface area contributed by atoms with Gasteiger partial charge in [0.25, 0.3) is 5.69 Å². The fourth-order valence-electron chi connectivity index (χ4n) is 3.64. The van der Waals surface area contributed by atoms with Gasteiger partial charge in [-0.25, -0.2) is 8.42 Å². The van der Waals surface area contributed by atoms with Gasteiger partial charge >= 0.3 is 0 Å². The number of amides is 1. The molecule has 0 spiro atoms. The first-order valence-electron chi connectivity index (χ1n) is 10.4. The average molecular weight is 446 g/mol. The van der Waals surface area contributed by atoms with Crippen molar-refractivity contribution in [3.05, 3.63) is 69.8 Å². The molecule has 8 nitrogen and oxygen atoms in total. The quantitative estimate of drug-likeness (QED) is 0.493. The van der Waals surface area contributed by atoms with Crippen molar-refractivity contribution in [2.75, 3.05) is 13.1 Å². The molecule has 31 heavy (non-hydrogen) atoms. The predicted octanol–water partition coefficient (Wildman–Crippen LogP) is 3.58. The molecule has 1 aliphatic rings. The summed E-state index contributed by atoms with van der Waals surface area (Å²) < 4.78 is 26.9. The van der Waals surface area contributed by atoms with Gasteiger partial charge in [0.15, 0.2) is 0 Å². The maximum Gasteiger partial charge on any atom is 0.269 e. The van der Waals surface area contributed by atoms with Gasteiger partial charge < -0.3 is 5.32 Å². The van der Waals surface area contributed by atoms with Crippen LogP contribution in [0.15, 0.2) is 53.4 Å². The molecule has 0 bridgehead atoms. The van der Waals surface area contributed by atoms with Crippen LogP contribution in [0.1, 0.15) is 49.8 Å². The predicted molar refractivity (Wildman–Crippen MR) is 117 cm³/mol. The number of nitro benzene ring substituents is 1. The molecule has 1 aliphatic heterocycles. The summed E-state index contributed by atoms with van der Waals surface area (Å²) in [6.07, 6.45) is 3.55. The van der Waals surface area contributed by atoms with Crippen LogP contribution in [0.2, 0.25) is 0 Å².